The van der Waals surface area contributed by atoms with E-state index >= 15 is 0 Å². The van der Waals surface area contributed by atoms with Crippen LogP contribution < -0.4 is 21.7 Å². The Bertz CT molecular complexity index is 1320. The number of halogens is 1. The third-order valence-electron chi connectivity index (χ3n) is 5.68. The number of fused-ring (bicyclic) bond motifs is 1. The molecule has 1 aromatic carbocycles. The van der Waals surface area contributed by atoms with Gasteiger partial charge in [-0.1, -0.05) is 12.1 Å². The number of aromatic nitrogens is 3. The number of aliphatic hydroxyl groups excluding tert-OH is 1. The van der Waals surface area contributed by atoms with Gasteiger partial charge < -0.3 is 21.3 Å². The molecule has 0 radical (unpaired) electrons. The van der Waals surface area contributed by atoms with Crippen molar-refractivity contribution in [1.82, 2.24) is 20.4 Å². The number of nitrogens with two attached hydrogens (primary N) is 2. The van der Waals surface area contributed by atoms with Crippen molar-refractivity contribution in [3.63, 3.8) is 0 Å². The Balaban J connectivity index is 1.79. The first kappa shape index (κ1) is 24.9. The summed E-state index contributed by atoms with van der Waals surface area (Å²) in [5, 5.41) is 9.22. The molecule has 1 unspecified atom stereocenters. The second-order valence-corrected chi connectivity index (χ2v) is 8.11. The molecular formula is C24H26FN7O4. The minimum atomic E-state index is -1.10. The molecule has 188 valence electrons. The number of pyridine rings is 1. The molecule has 1 aliphatic rings. The Hall–Kier alpha value is -4.16. The van der Waals surface area contributed by atoms with Gasteiger partial charge in [0.1, 0.15) is 5.82 Å². The minimum absolute atomic E-state index is 0.00720. The third kappa shape index (κ3) is 5.24. The predicted molar refractivity (Wildman–Crippen MR) is 129 cm³/mol. The maximum atomic E-state index is 14.3. The van der Waals surface area contributed by atoms with Crippen molar-refractivity contribution in [2.75, 3.05) is 19.5 Å². The van der Waals surface area contributed by atoms with Gasteiger partial charge in [0.2, 0.25) is 17.7 Å². The van der Waals surface area contributed by atoms with Crippen molar-refractivity contribution < 1.29 is 23.9 Å². The second kappa shape index (κ2) is 10.6. The Kier molecular flexibility index (Phi) is 7.36. The van der Waals surface area contributed by atoms with E-state index in [1.165, 1.54) is 19.2 Å². The van der Waals surface area contributed by atoms with Gasteiger partial charge >= 0.3 is 0 Å². The molecule has 3 heterocycles. The average Bonchev–Trinajstić information content (AvgIpc) is 2.85. The lowest BCUT2D eigenvalue weighted by molar-refractivity contribution is -0.133. The van der Waals surface area contributed by atoms with Crippen LogP contribution in [0.1, 0.15) is 35.0 Å². The molecule has 12 heteroatoms. The SMILES string of the molecule is COc1cccc(-c2cc(F)ccc2[C@H]2Cc3nc(N)nc(C)c3C(NOC(CCO)C(N)=O)=N2)n1. The fourth-order valence-electron chi connectivity index (χ4n) is 4.04. The van der Waals surface area contributed by atoms with Gasteiger partial charge in [-0.25, -0.2) is 24.8 Å². The zero-order valence-corrected chi connectivity index (χ0v) is 19.7. The van der Waals surface area contributed by atoms with Crippen LogP contribution in [0.15, 0.2) is 41.4 Å². The van der Waals surface area contributed by atoms with E-state index in [4.69, 9.17) is 26.0 Å². The summed E-state index contributed by atoms with van der Waals surface area (Å²) in [6.07, 6.45) is -0.766. The molecule has 11 nitrogen and oxygen atoms in total. The van der Waals surface area contributed by atoms with Crippen molar-refractivity contribution in [3.05, 3.63) is 64.7 Å². The van der Waals surface area contributed by atoms with Gasteiger partial charge in [-0.05, 0) is 30.7 Å². The quantitative estimate of drug-likeness (QED) is 0.337. The highest BCUT2D eigenvalue weighted by molar-refractivity contribution is 6.01. The number of aliphatic imine (C=N–C) groups is 1. The molecule has 3 aromatic rings. The highest BCUT2D eigenvalue weighted by Crippen LogP contribution is 2.36. The number of aryl methyl sites for hydroxylation is 1. The number of rotatable bonds is 8. The minimum Gasteiger partial charge on any atom is -0.481 e. The average molecular weight is 496 g/mol. The number of nitrogens with zero attached hydrogens (tertiary/aromatic N) is 4. The zero-order valence-electron chi connectivity index (χ0n) is 19.7. The fraction of sp³-hybridized carbons (Fsp3) is 0.292. The smallest absolute Gasteiger partial charge is 0.249 e. The van der Waals surface area contributed by atoms with Gasteiger partial charge in [-0.3, -0.25) is 14.6 Å². The number of primary amides is 1. The summed E-state index contributed by atoms with van der Waals surface area (Å²) in [7, 11) is 1.50. The van der Waals surface area contributed by atoms with Gasteiger partial charge in [0.25, 0.3) is 0 Å². The number of benzene rings is 1. The third-order valence-corrected chi connectivity index (χ3v) is 5.68. The molecule has 0 spiro atoms. The van der Waals surface area contributed by atoms with Crippen LogP contribution in [0.25, 0.3) is 11.3 Å². The lowest BCUT2D eigenvalue weighted by Crippen LogP contribution is -2.40. The van der Waals surface area contributed by atoms with Crippen molar-refractivity contribution in [2.24, 2.45) is 10.7 Å². The standard InChI is InChI=1S/C24H26FN7O4/c1-12-21-18(31-24(27)28-12)11-17(30-23(21)32-36-19(8-9-33)22(26)34)14-7-6-13(25)10-15(14)16-4-3-5-20(29-16)35-2/h3-7,10,17,19,33H,8-9,11H2,1-2H3,(H2,26,34)(H,30,32)(H2,27,28,31)/t17-,19?/m1/s1. The van der Waals surface area contributed by atoms with E-state index in [-0.39, 0.29) is 24.8 Å². The Morgan fingerprint density at radius 3 is 2.81 bits per heavy atom. The number of carbonyl (C=O) groups excluding carboxylic acids is 1. The number of carbonyl (C=O) groups is 1. The lowest BCUT2D eigenvalue weighted by atomic mass is 9.91. The van der Waals surface area contributed by atoms with Gasteiger partial charge in [0.05, 0.1) is 35.8 Å². The Morgan fingerprint density at radius 1 is 1.28 bits per heavy atom. The highest BCUT2D eigenvalue weighted by atomic mass is 19.1. The number of hydrogen-bond donors (Lipinski definition) is 4. The van der Waals surface area contributed by atoms with Crippen molar-refractivity contribution in [3.8, 4) is 17.1 Å². The summed E-state index contributed by atoms with van der Waals surface area (Å²) in [6, 6.07) is 9.04. The molecule has 2 aromatic heterocycles. The molecule has 0 fully saturated rings. The summed E-state index contributed by atoms with van der Waals surface area (Å²) in [5.74, 6) is -0.461. The van der Waals surface area contributed by atoms with E-state index in [0.717, 1.165) is 0 Å². The molecule has 6 N–H and O–H groups in total. The molecule has 0 saturated heterocycles. The number of methoxy groups -OCH3 is 1. The van der Waals surface area contributed by atoms with Crippen LogP contribution in [0.3, 0.4) is 0 Å². The summed E-state index contributed by atoms with van der Waals surface area (Å²) in [6.45, 7) is 1.45. The van der Waals surface area contributed by atoms with Crippen molar-refractivity contribution in [2.45, 2.75) is 31.9 Å². The van der Waals surface area contributed by atoms with Crippen molar-refractivity contribution in [1.29, 1.82) is 0 Å². The lowest BCUT2D eigenvalue weighted by Gasteiger charge is -2.26. The number of amidine groups is 1. The van der Waals surface area contributed by atoms with E-state index in [1.54, 1.807) is 31.2 Å². The number of nitrogen functional groups attached to an aromatic ring is 1. The molecule has 1 aliphatic heterocycles. The van der Waals surface area contributed by atoms with Gasteiger partial charge in [-0.2, -0.15) is 0 Å². The first-order valence-corrected chi connectivity index (χ1v) is 11.1. The van der Waals surface area contributed by atoms with Crippen LogP contribution in [0.2, 0.25) is 0 Å². The van der Waals surface area contributed by atoms with Crippen LogP contribution >= 0.6 is 0 Å². The summed E-state index contributed by atoms with van der Waals surface area (Å²) in [4.78, 5) is 35.0. The van der Waals surface area contributed by atoms with E-state index in [1.807, 2.05) is 0 Å². The molecule has 1 amide bonds. The molecular weight excluding hydrogens is 469 g/mol. The largest absolute Gasteiger partial charge is 0.481 e. The van der Waals surface area contributed by atoms with Gasteiger partial charge in [0, 0.05) is 31.1 Å². The van der Waals surface area contributed by atoms with E-state index in [9.17, 15) is 14.3 Å². The van der Waals surface area contributed by atoms with E-state index in [0.29, 0.717) is 46.1 Å². The maximum absolute atomic E-state index is 14.3. The number of hydrogen-bond acceptors (Lipinski definition) is 10. The molecule has 36 heavy (non-hydrogen) atoms. The maximum Gasteiger partial charge on any atom is 0.249 e. The number of hydroxylamine groups is 1. The fourth-order valence-corrected chi connectivity index (χ4v) is 4.04. The molecule has 0 bridgehead atoms. The Morgan fingerprint density at radius 2 is 2.08 bits per heavy atom. The molecule has 0 aliphatic carbocycles. The van der Waals surface area contributed by atoms with E-state index in [2.05, 4.69) is 20.4 Å². The summed E-state index contributed by atoms with van der Waals surface area (Å²) in [5.41, 5.74) is 17.4. The number of ether oxygens (including phenoxy) is 1. The molecule has 0 saturated carbocycles. The van der Waals surface area contributed by atoms with Crippen LogP contribution in [0, 0.1) is 12.7 Å². The summed E-state index contributed by atoms with van der Waals surface area (Å²) < 4.78 is 19.6. The van der Waals surface area contributed by atoms with Crippen LogP contribution in [-0.4, -0.2) is 51.6 Å². The molecule has 2 atom stereocenters. The second-order valence-electron chi connectivity index (χ2n) is 8.11. The number of anilines is 1. The first-order valence-electron chi connectivity index (χ1n) is 11.1. The number of nitrogens with one attached hydrogen (secondary N) is 1. The zero-order chi connectivity index (χ0) is 25.8. The monoisotopic (exact) mass is 495 g/mol. The first-order chi connectivity index (χ1) is 17.3. The van der Waals surface area contributed by atoms with Crippen LogP contribution in [0.5, 0.6) is 5.88 Å². The van der Waals surface area contributed by atoms with Gasteiger partial charge in [0.15, 0.2) is 11.9 Å². The predicted octanol–water partition coefficient (Wildman–Crippen LogP) is 1.38. The van der Waals surface area contributed by atoms with Gasteiger partial charge in [-0.15, -0.1) is 0 Å². The Labute approximate surface area is 206 Å². The van der Waals surface area contributed by atoms with Crippen LogP contribution in [0.4, 0.5) is 10.3 Å². The van der Waals surface area contributed by atoms with E-state index < -0.39 is 23.9 Å². The van der Waals surface area contributed by atoms with Crippen molar-refractivity contribution >= 4 is 17.7 Å². The normalized spacial score (nSPS) is 15.6. The number of aliphatic hydroxyl groups is 1. The summed E-state index contributed by atoms with van der Waals surface area (Å²) >= 11 is 0. The molecule has 4 rings (SSSR count). The van der Waals surface area contributed by atoms with Crippen LogP contribution in [-0.2, 0) is 16.1 Å². The highest BCUT2D eigenvalue weighted by Gasteiger charge is 2.29. The number of amides is 1. The topological polar surface area (TPSA) is 171 Å².